The molecule has 1 aromatic carbocycles. The number of benzene rings is 1. The number of hydrogen-bond donors (Lipinski definition) is 2. The van der Waals surface area contributed by atoms with Crippen molar-refractivity contribution in [2.24, 2.45) is 10.8 Å². The second-order valence-electron chi connectivity index (χ2n) is 3.13. The normalized spacial score (nSPS) is 11.7. The average molecular weight is 231 g/mol. The first-order valence-corrected chi connectivity index (χ1v) is 4.76. The summed E-state index contributed by atoms with van der Waals surface area (Å²) in [6.45, 7) is 2.35. The van der Waals surface area contributed by atoms with Crippen molar-refractivity contribution in [2.75, 3.05) is 6.54 Å². The highest BCUT2D eigenvalue weighted by atomic mass is 19.2. The molecule has 0 spiro atoms. The van der Waals surface area contributed by atoms with Gasteiger partial charge in [-0.3, -0.25) is 4.99 Å². The number of nitrogens with zero attached hydrogens (tertiary/aromatic N) is 1. The molecule has 0 aliphatic rings. The van der Waals surface area contributed by atoms with E-state index in [4.69, 9.17) is 5.84 Å². The van der Waals surface area contributed by atoms with Crippen LogP contribution in [0.4, 0.5) is 13.2 Å². The molecule has 1 rings (SSSR count). The van der Waals surface area contributed by atoms with Gasteiger partial charge in [-0.25, -0.2) is 19.0 Å². The number of rotatable bonds is 3. The number of nitrogens with one attached hydrogen (secondary N) is 1. The van der Waals surface area contributed by atoms with Gasteiger partial charge in [-0.15, -0.1) is 0 Å². The van der Waals surface area contributed by atoms with E-state index in [1.807, 2.05) is 6.92 Å². The lowest BCUT2D eigenvalue weighted by atomic mass is 10.2. The summed E-state index contributed by atoms with van der Waals surface area (Å²) >= 11 is 0. The maximum atomic E-state index is 12.9. The molecule has 0 fully saturated rings. The molecule has 0 bridgehead atoms. The van der Waals surface area contributed by atoms with E-state index in [-0.39, 0.29) is 11.4 Å². The molecule has 0 saturated carbocycles. The molecule has 0 radical (unpaired) electrons. The molecule has 0 heterocycles. The Morgan fingerprint density at radius 3 is 2.31 bits per heavy atom. The molecule has 0 aliphatic heterocycles. The van der Waals surface area contributed by atoms with E-state index in [1.54, 1.807) is 0 Å². The van der Waals surface area contributed by atoms with Crippen LogP contribution in [0.15, 0.2) is 17.1 Å². The summed E-state index contributed by atoms with van der Waals surface area (Å²) < 4.78 is 38.5. The first-order valence-electron chi connectivity index (χ1n) is 4.76. The first-order chi connectivity index (χ1) is 7.60. The van der Waals surface area contributed by atoms with Gasteiger partial charge in [0.15, 0.2) is 17.5 Å². The van der Waals surface area contributed by atoms with E-state index in [0.29, 0.717) is 6.54 Å². The molecular weight excluding hydrogens is 219 g/mol. The van der Waals surface area contributed by atoms with Crippen molar-refractivity contribution >= 4 is 5.84 Å². The number of aliphatic imine (C=N–C) groups is 1. The molecular formula is C10H12F3N3. The maximum absolute atomic E-state index is 12.9. The second-order valence-corrected chi connectivity index (χ2v) is 3.13. The van der Waals surface area contributed by atoms with Crippen molar-refractivity contribution in [1.29, 1.82) is 0 Å². The fourth-order valence-corrected chi connectivity index (χ4v) is 1.14. The van der Waals surface area contributed by atoms with Crippen LogP contribution in [0.2, 0.25) is 0 Å². The molecule has 3 nitrogen and oxygen atoms in total. The predicted octanol–water partition coefficient (Wildman–Crippen LogP) is 1.72. The lowest BCUT2D eigenvalue weighted by molar-refractivity contribution is 0.446. The van der Waals surface area contributed by atoms with Crippen LogP contribution in [-0.4, -0.2) is 12.4 Å². The van der Waals surface area contributed by atoms with E-state index < -0.39 is 17.5 Å². The molecule has 0 aliphatic carbocycles. The Hall–Kier alpha value is -1.56. The SMILES string of the molecule is CCCN=C(NN)c1cc(F)c(F)c(F)c1. The molecule has 0 atom stereocenters. The second kappa shape index (κ2) is 5.50. The van der Waals surface area contributed by atoms with E-state index in [1.165, 1.54) is 0 Å². The van der Waals surface area contributed by atoms with Gasteiger partial charge in [-0.2, -0.15) is 0 Å². The third-order valence-corrected chi connectivity index (χ3v) is 1.89. The van der Waals surface area contributed by atoms with Crippen LogP contribution in [0.1, 0.15) is 18.9 Å². The Balaban J connectivity index is 3.11. The maximum Gasteiger partial charge on any atom is 0.194 e. The molecule has 16 heavy (non-hydrogen) atoms. The molecule has 0 aromatic heterocycles. The fourth-order valence-electron chi connectivity index (χ4n) is 1.14. The van der Waals surface area contributed by atoms with Gasteiger partial charge in [0.1, 0.15) is 5.84 Å². The van der Waals surface area contributed by atoms with E-state index in [9.17, 15) is 13.2 Å². The summed E-state index contributed by atoms with van der Waals surface area (Å²) in [6, 6.07) is 1.68. The van der Waals surface area contributed by atoms with Gasteiger partial charge in [0.05, 0.1) is 0 Å². The summed E-state index contributed by atoms with van der Waals surface area (Å²) in [6.07, 6.45) is 0.761. The van der Waals surface area contributed by atoms with E-state index in [0.717, 1.165) is 18.6 Å². The third kappa shape index (κ3) is 2.73. The van der Waals surface area contributed by atoms with E-state index in [2.05, 4.69) is 10.4 Å². The third-order valence-electron chi connectivity index (χ3n) is 1.89. The van der Waals surface area contributed by atoms with Crippen molar-refractivity contribution in [1.82, 2.24) is 5.43 Å². The number of hydrogen-bond acceptors (Lipinski definition) is 2. The molecule has 6 heteroatoms. The highest BCUT2D eigenvalue weighted by molar-refractivity contribution is 5.98. The van der Waals surface area contributed by atoms with Crippen LogP contribution in [0.5, 0.6) is 0 Å². The van der Waals surface area contributed by atoms with Crippen LogP contribution in [0.25, 0.3) is 0 Å². The van der Waals surface area contributed by atoms with Crippen molar-refractivity contribution < 1.29 is 13.2 Å². The van der Waals surface area contributed by atoms with E-state index >= 15 is 0 Å². The summed E-state index contributed by atoms with van der Waals surface area (Å²) in [5.41, 5.74) is 2.30. The monoisotopic (exact) mass is 231 g/mol. The first kappa shape index (κ1) is 12.5. The van der Waals surface area contributed by atoms with Gasteiger partial charge in [-0.05, 0) is 18.6 Å². The van der Waals surface area contributed by atoms with Crippen molar-refractivity contribution in [3.63, 3.8) is 0 Å². The molecule has 3 N–H and O–H groups in total. The fraction of sp³-hybridized carbons (Fsp3) is 0.300. The number of amidine groups is 1. The quantitative estimate of drug-likeness (QED) is 0.273. The van der Waals surface area contributed by atoms with Crippen LogP contribution >= 0.6 is 0 Å². The standard InChI is InChI=1S/C10H12F3N3/c1-2-3-15-10(16-14)6-4-7(11)9(13)8(12)5-6/h4-5H,2-3,14H2,1H3,(H,15,16). The highest BCUT2D eigenvalue weighted by Crippen LogP contribution is 2.13. The zero-order valence-electron chi connectivity index (χ0n) is 8.73. The van der Waals surface area contributed by atoms with Gasteiger partial charge < -0.3 is 5.43 Å². The summed E-state index contributed by atoms with van der Waals surface area (Å²) in [5, 5.41) is 0. The van der Waals surface area contributed by atoms with Crippen LogP contribution < -0.4 is 11.3 Å². The Labute approximate surface area is 91.1 Å². The minimum absolute atomic E-state index is 0.0763. The lowest BCUT2D eigenvalue weighted by Gasteiger charge is -2.06. The Morgan fingerprint density at radius 1 is 1.31 bits per heavy atom. The van der Waals surface area contributed by atoms with Crippen molar-refractivity contribution in [2.45, 2.75) is 13.3 Å². The van der Waals surface area contributed by atoms with Crippen LogP contribution in [-0.2, 0) is 0 Å². The predicted molar refractivity (Wildman–Crippen MR) is 55.3 cm³/mol. The molecule has 0 unspecified atom stereocenters. The zero-order chi connectivity index (χ0) is 12.1. The number of hydrazine groups is 1. The lowest BCUT2D eigenvalue weighted by Crippen LogP contribution is -2.31. The largest absolute Gasteiger partial charge is 0.308 e. The summed E-state index contributed by atoms with van der Waals surface area (Å²) in [7, 11) is 0. The highest BCUT2D eigenvalue weighted by Gasteiger charge is 2.13. The van der Waals surface area contributed by atoms with Crippen LogP contribution in [0.3, 0.4) is 0 Å². The minimum atomic E-state index is -1.50. The van der Waals surface area contributed by atoms with Crippen LogP contribution in [0, 0.1) is 17.5 Å². The average Bonchev–Trinajstić information content (AvgIpc) is 2.26. The van der Waals surface area contributed by atoms with Crippen molar-refractivity contribution in [3.8, 4) is 0 Å². The molecule has 88 valence electrons. The molecule has 0 saturated heterocycles. The number of nitrogens with two attached hydrogens (primary N) is 1. The van der Waals surface area contributed by atoms with Gasteiger partial charge in [0.2, 0.25) is 0 Å². The topological polar surface area (TPSA) is 50.4 Å². The van der Waals surface area contributed by atoms with Gasteiger partial charge in [-0.1, -0.05) is 6.92 Å². The Bertz CT molecular complexity index is 381. The Morgan fingerprint density at radius 2 is 1.88 bits per heavy atom. The zero-order valence-corrected chi connectivity index (χ0v) is 8.73. The molecule has 1 aromatic rings. The smallest absolute Gasteiger partial charge is 0.194 e. The summed E-state index contributed by atoms with van der Waals surface area (Å²) in [4.78, 5) is 3.97. The molecule has 0 amide bonds. The summed E-state index contributed by atoms with van der Waals surface area (Å²) in [5.74, 6) is 1.25. The van der Waals surface area contributed by atoms with Gasteiger partial charge in [0, 0.05) is 12.1 Å². The van der Waals surface area contributed by atoms with Crippen molar-refractivity contribution in [3.05, 3.63) is 35.1 Å². The van der Waals surface area contributed by atoms with Gasteiger partial charge >= 0.3 is 0 Å². The Kier molecular flexibility index (Phi) is 4.30. The minimum Gasteiger partial charge on any atom is -0.308 e. The number of halogens is 3. The van der Waals surface area contributed by atoms with Gasteiger partial charge in [0.25, 0.3) is 0 Å².